The maximum absolute atomic E-state index is 12.2. The molecule has 0 aromatic heterocycles. The summed E-state index contributed by atoms with van der Waals surface area (Å²) >= 11 is 0. The quantitative estimate of drug-likeness (QED) is 0.146. The van der Waals surface area contributed by atoms with Gasteiger partial charge < -0.3 is 21.3 Å². The molecular weight excluding hydrogens is 292 g/mol. The zero-order valence-corrected chi connectivity index (χ0v) is 13.6. The van der Waals surface area contributed by atoms with Gasteiger partial charge in [-0.2, -0.15) is 0 Å². The van der Waals surface area contributed by atoms with Crippen molar-refractivity contribution < 1.29 is 15.0 Å². The SMILES string of the molecule is C#CCCCC\C=C(/C=C(O)\C=C\O)C(=O)NCCCCCN. The van der Waals surface area contributed by atoms with Crippen LogP contribution in [0.1, 0.15) is 44.9 Å². The first-order chi connectivity index (χ1) is 11.2. The smallest absolute Gasteiger partial charge is 0.251 e. The zero-order valence-electron chi connectivity index (χ0n) is 13.6. The average Bonchev–Trinajstić information content (AvgIpc) is 2.53. The molecule has 0 fully saturated rings. The lowest BCUT2D eigenvalue weighted by molar-refractivity contribution is -0.117. The van der Waals surface area contributed by atoms with Crippen molar-refractivity contribution in [2.45, 2.75) is 44.9 Å². The third-order valence-corrected chi connectivity index (χ3v) is 3.12. The van der Waals surface area contributed by atoms with E-state index in [1.165, 1.54) is 6.08 Å². The highest BCUT2D eigenvalue weighted by Gasteiger charge is 2.07. The van der Waals surface area contributed by atoms with E-state index in [2.05, 4.69) is 11.2 Å². The Morgan fingerprint density at radius 1 is 1.22 bits per heavy atom. The fourth-order valence-corrected chi connectivity index (χ4v) is 1.88. The third kappa shape index (κ3) is 12.1. The number of carbonyl (C=O) groups excluding carboxylic acids is 1. The second kappa shape index (κ2) is 14.7. The summed E-state index contributed by atoms with van der Waals surface area (Å²) in [5.41, 5.74) is 5.80. The minimum Gasteiger partial charge on any atom is -0.515 e. The molecule has 5 heteroatoms. The molecule has 0 saturated heterocycles. The Hall–Kier alpha value is -2.19. The van der Waals surface area contributed by atoms with Gasteiger partial charge in [0.15, 0.2) is 0 Å². The molecule has 0 spiro atoms. The summed E-state index contributed by atoms with van der Waals surface area (Å²) in [5.74, 6) is 2.15. The van der Waals surface area contributed by atoms with Crippen LogP contribution in [0.15, 0.2) is 35.8 Å². The van der Waals surface area contributed by atoms with Crippen molar-refractivity contribution in [3.63, 3.8) is 0 Å². The minimum absolute atomic E-state index is 0.180. The lowest BCUT2D eigenvalue weighted by atomic mass is 10.1. The molecular formula is C18H28N2O3. The van der Waals surface area contributed by atoms with Crippen LogP contribution < -0.4 is 11.1 Å². The Kier molecular flexibility index (Phi) is 13.3. The zero-order chi connectivity index (χ0) is 17.3. The van der Waals surface area contributed by atoms with E-state index in [0.717, 1.165) is 44.4 Å². The number of nitrogens with one attached hydrogen (secondary N) is 1. The third-order valence-electron chi connectivity index (χ3n) is 3.12. The van der Waals surface area contributed by atoms with Crippen molar-refractivity contribution in [3.05, 3.63) is 35.8 Å². The first-order valence-corrected chi connectivity index (χ1v) is 7.99. The van der Waals surface area contributed by atoms with Crippen LogP contribution in [-0.4, -0.2) is 29.2 Å². The standard InChI is InChI=1S/C18H28N2O3/c1-2-3-4-5-7-10-16(15-17(22)11-14-21)18(23)20-13-9-6-8-12-19/h1,10-11,14-15,21-22H,3-9,12-13,19H2,(H,20,23)/b14-11+,16-10+,17-15+. The van der Waals surface area contributed by atoms with Gasteiger partial charge in [0.2, 0.25) is 0 Å². The molecule has 0 aliphatic carbocycles. The van der Waals surface area contributed by atoms with Crippen LogP contribution in [0.2, 0.25) is 0 Å². The van der Waals surface area contributed by atoms with Crippen LogP contribution in [0.4, 0.5) is 0 Å². The molecule has 128 valence electrons. The Labute approximate surface area is 139 Å². The van der Waals surface area contributed by atoms with Gasteiger partial charge in [-0.25, -0.2) is 0 Å². The van der Waals surface area contributed by atoms with E-state index in [-0.39, 0.29) is 11.7 Å². The van der Waals surface area contributed by atoms with Crippen LogP contribution in [0, 0.1) is 12.3 Å². The molecule has 23 heavy (non-hydrogen) atoms. The number of amides is 1. The summed E-state index contributed by atoms with van der Waals surface area (Å²) in [5, 5.41) is 21.1. The Morgan fingerprint density at radius 2 is 2.00 bits per heavy atom. The predicted octanol–water partition coefficient (Wildman–Crippen LogP) is 2.87. The van der Waals surface area contributed by atoms with Gasteiger partial charge in [0.1, 0.15) is 5.76 Å². The minimum atomic E-state index is -0.243. The first-order valence-electron chi connectivity index (χ1n) is 7.99. The average molecular weight is 320 g/mol. The molecule has 0 aromatic carbocycles. The van der Waals surface area contributed by atoms with Crippen LogP contribution in [-0.2, 0) is 4.79 Å². The molecule has 0 aliphatic heterocycles. The van der Waals surface area contributed by atoms with Crippen molar-refractivity contribution in [1.29, 1.82) is 0 Å². The van der Waals surface area contributed by atoms with E-state index in [4.69, 9.17) is 17.3 Å². The van der Waals surface area contributed by atoms with Gasteiger partial charge in [-0.3, -0.25) is 4.79 Å². The fourth-order valence-electron chi connectivity index (χ4n) is 1.88. The maximum atomic E-state index is 12.2. The Morgan fingerprint density at radius 3 is 2.65 bits per heavy atom. The Bertz CT molecular complexity index is 459. The monoisotopic (exact) mass is 320 g/mol. The van der Waals surface area contributed by atoms with Gasteiger partial charge >= 0.3 is 0 Å². The topological polar surface area (TPSA) is 95.6 Å². The van der Waals surface area contributed by atoms with Gasteiger partial charge in [-0.15, -0.1) is 12.3 Å². The predicted molar refractivity (Wildman–Crippen MR) is 93.8 cm³/mol. The van der Waals surface area contributed by atoms with Gasteiger partial charge in [-0.1, -0.05) is 12.5 Å². The number of aliphatic hydroxyl groups excluding tert-OH is 2. The second-order valence-electron chi connectivity index (χ2n) is 5.10. The molecule has 1 amide bonds. The molecule has 0 aromatic rings. The van der Waals surface area contributed by atoms with Crippen molar-refractivity contribution >= 4 is 5.91 Å². The molecule has 0 aliphatic rings. The van der Waals surface area contributed by atoms with Crippen LogP contribution in [0.3, 0.4) is 0 Å². The highest BCUT2D eigenvalue weighted by molar-refractivity contribution is 5.96. The number of hydrogen-bond donors (Lipinski definition) is 4. The molecule has 0 rings (SSSR count). The molecule has 0 saturated carbocycles. The number of terminal acetylenes is 1. The van der Waals surface area contributed by atoms with Crippen molar-refractivity contribution in [1.82, 2.24) is 5.32 Å². The summed E-state index contributed by atoms with van der Waals surface area (Å²) in [6, 6.07) is 0. The molecule has 0 radical (unpaired) electrons. The van der Waals surface area contributed by atoms with Gasteiger partial charge in [0, 0.05) is 24.6 Å². The van der Waals surface area contributed by atoms with Crippen LogP contribution in [0.5, 0.6) is 0 Å². The highest BCUT2D eigenvalue weighted by Crippen LogP contribution is 2.08. The number of rotatable bonds is 12. The summed E-state index contributed by atoms with van der Waals surface area (Å²) in [6.07, 6.45) is 16.1. The molecule has 5 nitrogen and oxygen atoms in total. The molecule has 0 unspecified atom stereocenters. The number of carbonyl (C=O) groups is 1. The fraction of sp³-hybridized carbons (Fsp3) is 0.500. The van der Waals surface area contributed by atoms with E-state index < -0.39 is 0 Å². The molecule has 0 atom stereocenters. The second-order valence-corrected chi connectivity index (χ2v) is 5.10. The molecule has 5 N–H and O–H groups in total. The van der Waals surface area contributed by atoms with E-state index in [9.17, 15) is 9.90 Å². The maximum Gasteiger partial charge on any atom is 0.251 e. The largest absolute Gasteiger partial charge is 0.515 e. The number of nitrogens with two attached hydrogens (primary N) is 1. The number of hydrogen-bond acceptors (Lipinski definition) is 4. The summed E-state index contributed by atoms with van der Waals surface area (Å²) in [4.78, 5) is 12.2. The Balaban J connectivity index is 4.57. The lowest BCUT2D eigenvalue weighted by Gasteiger charge is -2.06. The summed E-state index contributed by atoms with van der Waals surface area (Å²) in [7, 11) is 0. The normalized spacial score (nSPS) is 12.3. The summed E-state index contributed by atoms with van der Waals surface area (Å²) in [6.45, 7) is 1.22. The highest BCUT2D eigenvalue weighted by atomic mass is 16.3. The summed E-state index contributed by atoms with van der Waals surface area (Å²) < 4.78 is 0. The molecule has 0 heterocycles. The van der Waals surface area contributed by atoms with Crippen molar-refractivity contribution in [2.75, 3.05) is 13.1 Å². The van der Waals surface area contributed by atoms with E-state index in [0.29, 0.717) is 31.5 Å². The number of aliphatic hydroxyl groups is 2. The van der Waals surface area contributed by atoms with Crippen LogP contribution >= 0.6 is 0 Å². The van der Waals surface area contributed by atoms with Crippen molar-refractivity contribution in [3.8, 4) is 12.3 Å². The van der Waals surface area contributed by atoms with Crippen molar-refractivity contribution in [2.24, 2.45) is 5.73 Å². The van der Waals surface area contributed by atoms with E-state index in [1.54, 1.807) is 6.08 Å². The van der Waals surface area contributed by atoms with Gasteiger partial charge in [0.05, 0.1) is 6.26 Å². The van der Waals surface area contributed by atoms with Gasteiger partial charge in [-0.05, 0) is 44.7 Å². The molecule has 0 bridgehead atoms. The van der Waals surface area contributed by atoms with E-state index >= 15 is 0 Å². The first kappa shape index (κ1) is 20.8. The van der Waals surface area contributed by atoms with Crippen LogP contribution in [0.25, 0.3) is 0 Å². The van der Waals surface area contributed by atoms with E-state index in [1.807, 2.05) is 0 Å². The lowest BCUT2D eigenvalue weighted by Crippen LogP contribution is -2.25. The van der Waals surface area contributed by atoms with Gasteiger partial charge in [0.25, 0.3) is 5.91 Å². The number of allylic oxidation sites excluding steroid dienone is 2. The number of unbranched alkanes of at least 4 members (excludes halogenated alkanes) is 5.